The van der Waals surface area contributed by atoms with E-state index in [9.17, 15) is 25.1 Å². The number of carbonyl (C=O) groups is 2. The van der Waals surface area contributed by atoms with Crippen molar-refractivity contribution >= 4 is 11.9 Å². The van der Waals surface area contributed by atoms with Gasteiger partial charge in [0.15, 0.2) is 5.41 Å². The molecule has 1 fully saturated rings. The van der Waals surface area contributed by atoms with Crippen LogP contribution in [0, 0.1) is 33.5 Å². The Hall–Kier alpha value is -1.57. The van der Waals surface area contributed by atoms with E-state index >= 15 is 0 Å². The molecule has 0 spiro atoms. The van der Waals surface area contributed by atoms with Crippen molar-refractivity contribution in [3.63, 3.8) is 0 Å². The fraction of sp³-hybridized carbons (Fsp3) is 0.824. The zero-order chi connectivity index (χ0) is 17.2. The Morgan fingerprint density at radius 1 is 1.09 bits per heavy atom. The van der Waals surface area contributed by atoms with E-state index in [2.05, 4.69) is 0 Å². The summed E-state index contributed by atoms with van der Waals surface area (Å²) in [5.41, 5.74) is -4.29. The first kappa shape index (κ1) is 18.5. The highest BCUT2D eigenvalue weighted by Gasteiger charge is 2.70. The van der Waals surface area contributed by atoms with Gasteiger partial charge in [0, 0.05) is 0 Å². The minimum absolute atomic E-state index is 0.125. The van der Waals surface area contributed by atoms with Gasteiger partial charge in [-0.2, -0.15) is 5.26 Å². The van der Waals surface area contributed by atoms with Gasteiger partial charge in [-0.05, 0) is 37.0 Å². The SMILES string of the molecule is CCC(C)(C)C(CC)(C(=O)O)C(C#N)(C(=O)O)C1CCCC1. The lowest BCUT2D eigenvalue weighted by molar-refractivity contribution is -0.189. The highest BCUT2D eigenvalue weighted by molar-refractivity contribution is 5.90. The van der Waals surface area contributed by atoms with Crippen LogP contribution in [0.1, 0.15) is 66.2 Å². The molecule has 0 aromatic carbocycles. The van der Waals surface area contributed by atoms with Crippen molar-refractivity contribution in [3.8, 4) is 6.07 Å². The van der Waals surface area contributed by atoms with E-state index in [1.54, 1.807) is 20.8 Å². The zero-order valence-corrected chi connectivity index (χ0v) is 14.0. The van der Waals surface area contributed by atoms with E-state index in [4.69, 9.17) is 0 Å². The molecule has 2 atom stereocenters. The van der Waals surface area contributed by atoms with E-state index in [0.29, 0.717) is 19.3 Å². The fourth-order valence-corrected chi connectivity index (χ4v) is 4.50. The van der Waals surface area contributed by atoms with Crippen LogP contribution in [0.25, 0.3) is 0 Å². The van der Waals surface area contributed by atoms with Crippen LogP contribution in [-0.4, -0.2) is 22.2 Å². The number of hydrogen-bond donors (Lipinski definition) is 2. The quantitative estimate of drug-likeness (QED) is 0.747. The second kappa shape index (κ2) is 6.28. The maximum Gasteiger partial charge on any atom is 0.325 e. The molecule has 22 heavy (non-hydrogen) atoms. The summed E-state index contributed by atoms with van der Waals surface area (Å²) >= 11 is 0. The number of nitrogens with zero attached hydrogens (tertiary/aromatic N) is 1. The minimum Gasteiger partial charge on any atom is -0.481 e. The predicted octanol–water partition coefficient (Wildman–Crippen LogP) is 3.69. The molecule has 0 bridgehead atoms. The molecular weight excluding hydrogens is 282 g/mol. The molecule has 0 amide bonds. The predicted molar refractivity (Wildman–Crippen MR) is 82.1 cm³/mol. The fourth-order valence-electron chi connectivity index (χ4n) is 4.50. The van der Waals surface area contributed by atoms with Gasteiger partial charge in [-0.15, -0.1) is 0 Å². The van der Waals surface area contributed by atoms with Crippen LogP contribution in [0.15, 0.2) is 0 Å². The number of hydrogen-bond acceptors (Lipinski definition) is 3. The van der Waals surface area contributed by atoms with E-state index < -0.39 is 34.1 Å². The number of carboxylic acids is 2. The molecule has 1 aliphatic rings. The first-order valence-corrected chi connectivity index (χ1v) is 8.06. The van der Waals surface area contributed by atoms with E-state index in [-0.39, 0.29) is 6.42 Å². The van der Waals surface area contributed by atoms with Crippen molar-refractivity contribution in [2.75, 3.05) is 0 Å². The summed E-state index contributed by atoms with van der Waals surface area (Å²) < 4.78 is 0. The summed E-state index contributed by atoms with van der Waals surface area (Å²) in [5.74, 6) is -2.86. The Labute approximate surface area is 132 Å². The number of carboxylic acid groups (broad SMARTS) is 2. The molecule has 124 valence electrons. The molecule has 0 radical (unpaired) electrons. The van der Waals surface area contributed by atoms with Crippen LogP contribution in [0.3, 0.4) is 0 Å². The Bertz CT molecular complexity index is 487. The van der Waals surface area contributed by atoms with E-state index in [1.165, 1.54) is 0 Å². The monoisotopic (exact) mass is 309 g/mol. The third-order valence-corrected chi connectivity index (χ3v) is 6.09. The molecule has 2 unspecified atom stereocenters. The molecule has 1 aliphatic carbocycles. The summed E-state index contributed by atoms with van der Waals surface area (Å²) in [6.45, 7) is 7.09. The van der Waals surface area contributed by atoms with Gasteiger partial charge in [0.1, 0.15) is 5.41 Å². The Balaban J connectivity index is 3.75. The summed E-state index contributed by atoms with van der Waals surface area (Å²) in [7, 11) is 0. The van der Waals surface area contributed by atoms with Crippen molar-refractivity contribution < 1.29 is 19.8 Å². The van der Waals surface area contributed by atoms with Crippen molar-refractivity contribution in [2.24, 2.45) is 22.2 Å². The highest BCUT2D eigenvalue weighted by Crippen LogP contribution is 2.61. The lowest BCUT2D eigenvalue weighted by atomic mass is 9.46. The van der Waals surface area contributed by atoms with Crippen molar-refractivity contribution in [1.82, 2.24) is 0 Å². The molecule has 5 nitrogen and oxygen atoms in total. The lowest BCUT2D eigenvalue weighted by Crippen LogP contribution is -2.61. The molecule has 0 aliphatic heterocycles. The second-order valence-electron chi connectivity index (χ2n) is 7.01. The van der Waals surface area contributed by atoms with Gasteiger partial charge < -0.3 is 10.2 Å². The summed E-state index contributed by atoms with van der Waals surface area (Å²) in [4.78, 5) is 24.5. The molecule has 5 heteroatoms. The second-order valence-corrected chi connectivity index (χ2v) is 7.01. The van der Waals surface area contributed by atoms with Gasteiger partial charge in [0.05, 0.1) is 6.07 Å². The van der Waals surface area contributed by atoms with Crippen LogP contribution < -0.4 is 0 Å². The molecule has 0 aromatic heterocycles. The summed E-state index contributed by atoms with van der Waals surface area (Å²) in [6, 6.07) is 1.99. The van der Waals surface area contributed by atoms with Crippen LogP contribution in [0.4, 0.5) is 0 Å². The molecule has 0 aromatic rings. The van der Waals surface area contributed by atoms with Crippen molar-refractivity contribution in [3.05, 3.63) is 0 Å². The summed E-state index contributed by atoms with van der Waals surface area (Å²) in [5, 5.41) is 29.9. The number of rotatable bonds is 7. The smallest absolute Gasteiger partial charge is 0.325 e. The normalized spacial score (nSPS) is 21.6. The molecule has 1 saturated carbocycles. The molecule has 0 saturated heterocycles. The molecular formula is C17H27NO4. The van der Waals surface area contributed by atoms with E-state index in [1.807, 2.05) is 13.0 Å². The topological polar surface area (TPSA) is 98.4 Å². The average Bonchev–Trinajstić information content (AvgIpc) is 2.97. The van der Waals surface area contributed by atoms with Crippen LogP contribution in [0.2, 0.25) is 0 Å². The minimum atomic E-state index is -1.89. The zero-order valence-electron chi connectivity index (χ0n) is 14.0. The van der Waals surface area contributed by atoms with Crippen molar-refractivity contribution in [2.45, 2.75) is 66.2 Å². The van der Waals surface area contributed by atoms with Gasteiger partial charge in [0.2, 0.25) is 0 Å². The highest BCUT2D eigenvalue weighted by atomic mass is 16.4. The third kappa shape index (κ3) is 2.20. The Morgan fingerprint density at radius 2 is 1.59 bits per heavy atom. The van der Waals surface area contributed by atoms with Crippen LogP contribution in [-0.2, 0) is 9.59 Å². The van der Waals surface area contributed by atoms with Crippen LogP contribution >= 0.6 is 0 Å². The van der Waals surface area contributed by atoms with Crippen LogP contribution in [0.5, 0.6) is 0 Å². The number of nitriles is 1. The largest absolute Gasteiger partial charge is 0.481 e. The maximum atomic E-state index is 12.3. The first-order valence-electron chi connectivity index (χ1n) is 8.06. The van der Waals surface area contributed by atoms with Gasteiger partial charge in [-0.25, -0.2) is 0 Å². The molecule has 1 rings (SSSR count). The van der Waals surface area contributed by atoms with Crippen molar-refractivity contribution in [1.29, 1.82) is 5.26 Å². The molecule has 0 heterocycles. The third-order valence-electron chi connectivity index (χ3n) is 6.09. The molecule has 2 N–H and O–H groups in total. The Kier molecular flexibility index (Phi) is 5.27. The standard InChI is InChI=1S/C17H27NO4/c1-5-15(3,4)17(6-2,14(21)22)16(11-18,13(19)20)12-9-7-8-10-12/h12H,5-10H2,1-4H3,(H,19,20)(H,21,22). The van der Waals surface area contributed by atoms with Gasteiger partial charge in [-0.3, -0.25) is 9.59 Å². The number of aliphatic carboxylic acids is 2. The van der Waals surface area contributed by atoms with Gasteiger partial charge >= 0.3 is 11.9 Å². The summed E-state index contributed by atoms with van der Waals surface area (Å²) in [6.07, 6.45) is 3.54. The maximum absolute atomic E-state index is 12.3. The first-order chi connectivity index (χ1) is 10.2. The van der Waals surface area contributed by atoms with E-state index in [0.717, 1.165) is 12.8 Å². The average molecular weight is 309 g/mol. The Morgan fingerprint density at radius 3 is 1.86 bits per heavy atom. The lowest BCUT2D eigenvalue weighted by Gasteiger charge is -2.52. The van der Waals surface area contributed by atoms with Gasteiger partial charge in [0.25, 0.3) is 0 Å². The van der Waals surface area contributed by atoms with Gasteiger partial charge in [-0.1, -0.05) is 40.5 Å².